The Morgan fingerprint density at radius 3 is 2.89 bits per heavy atom. The predicted octanol–water partition coefficient (Wildman–Crippen LogP) is 1.32. The summed E-state index contributed by atoms with van der Waals surface area (Å²) in [6.07, 6.45) is 5.46. The van der Waals surface area contributed by atoms with E-state index < -0.39 is 5.60 Å². The number of rotatable bonds is 3. The summed E-state index contributed by atoms with van der Waals surface area (Å²) in [7, 11) is 1.97. The van der Waals surface area contributed by atoms with Gasteiger partial charge in [-0.2, -0.15) is 0 Å². The fourth-order valence-electron chi connectivity index (χ4n) is 2.72. The van der Waals surface area contributed by atoms with Crippen molar-refractivity contribution in [2.45, 2.75) is 25.4 Å². The lowest BCUT2D eigenvalue weighted by Gasteiger charge is -2.47. The van der Waals surface area contributed by atoms with E-state index in [2.05, 4.69) is 21.8 Å². The van der Waals surface area contributed by atoms with Gasteiger partial charge in [-0.1, -0.05) is 13.3 Å². The second-order valence-electron chi connectivity index (χ2n) is 5.19. The first-order valence-corrected chi connectivity index (χ1v) is 6.36. The average Bonchev–Trinajstić information content (AvgIpc) is 2.69. The van der Waals surface area contributed by atoms with E-state index in [-0.39, 0.29) is 0 Å². The molecule has 2 aromatic heterocycles. The minimum atomic E-state index is -0.534. The summed E-state index contributed by atoms with van der Waals surface area (Å²) in [4.78, 5) is 10.9. The predicted molar refractivity (Wildman–Crippen MR) is 70.6 cm³/mol. The van der Waals surface area contributed by atoms with E-state index in [4.69, 9.17) is 0 Å². The zero-order chi connectivity index (χ0) is 12.8. The first-order valence-electron chi connectivity index (χ1n) is 6.36. The number of aryl methyl sites for hydroxylation is 1. The van der Waals surface area contributed by atoms with Crippen LogP contribution in [-0.4, -0.2) is 38.3 Å². The van der Waals surface area contributed by atoms with E-state index in [0.29, 0.717) is 13.1 Å². The molecule has 2 aromatic rings. The van der Waals surface area contributed by atoms with Gasteiger partial charge in [0.05, 0.1) is 30.5 Å². The zero-order valence-electron chi connectivity index (χ0n) is 10.8. The second kappa shape index (κ2) is 3.95. The average molecular weight is 246 g/mol. The van der Waals surface area contributed by atoms with Crippen LogP contribution in [0, 0.1) is 0 Å². The molecule has 0 unspecified atom stereocenters. The van der Waals surface area contributed by atoms with Crippen molar-refractivity contribution < 1.29 is 5.11 Å². The number of aromatic nitrogens is 3. The monoisotopic (exact) mass is 246 g/mol. The molecule has 1 aliphatic heterocycles. The molecule has 1 N–H and O–H groups in total. The zero-order valence-corrected chi connectivity index (χ0v) is 10.8. The number of hydrogen-bond acceptors (Lipinski definition) is 4. The summed E-state index contributed by atoms with van der Waals surface area (Å²) in [5.41, 5.74) is 1.46. The largest absolute Gasteiger partial charge is 0.386 e. The van der Waals surface area contributed by atoms with Gasteiger partial charge in [-0.15, -0.1) is 0 Å². The van der Waals surface area contributed by atoms with Gasteiger partial charge >= 0.3 is 0 Å². The molecular weight excluding hydrogens is 228 g/mol. The number of β-amino-alcohol motifs (C(OH)–C–C–N with tert-alkyl or cyclic N) is 1. The van der Waals surface area contributed by atoms with E-state index >= 15 is 0 Å². The Balaban J connectivity index is 1.89. The molecule has 5 heteroatoms. The Kier molecular flexibility index (Phi) is 2.52. The third-order valence-corrected chi connectivity index (χ3v) is 3.61. The number of imidazole rings is 1. The molecule has 3 rings (SSSR count). The molecule has 18 heavy (non-hydrogen) atoms. The third-order valence-electron chi connectivity index (χ3n) is 3.61. The highest BCUT2D eigenvalue weighted by atomic mass is 16.3. The molecule has 1 aliphatic rings. The molecule has 0 saturated carbocycles. The summed E-state index contributed by atoms with van der Waals surface area (Å²) < 4.78 is 1.98. The lowest BCUT2D eigenvalue weighted by Crippen LogP contribution is -2.62. The lowest BCUT2D eigenvalue weighted by atomic mass is 9.89. The van der Waals surface area contributed by atoms with Crippen molar-refractivity contribution >= 4 is 16.9 Å². The molecule has 0 spiro atoms. The fraction of sp³-hybridized carbons (Fsp3) is 0.538. The molecule has 0 amide bonds. The van der Waals surface area contributed by atoms with Gasteiger partial charge < -0.3 is 14.6 Å². The summed E-state index contributed by atoms with van der Waals surface area (Å²) in [5.74, 6) is 0.883. The van der Waals surface area contributed by atoms with Gasteiger partial charge in [0.2, 0.25) is 0 Å². The first-order chi connectivity index (χ1) is 8.63. The molecule has 96 valence electrons. The standard InChI is InChI=1S/C13H18N4O/c1-3-5-13(18)7-17(8-13)12-11-10(4-6-14-12)16(2)9-15-11/h4,6,9,18H,3,5,7-8H2,1-2H3. The van der Waals surface area contributed by atoms with Crippen molar-refractivity contribution in [3.05, 3.63) is 18.6 Å². The number of pyridine rings is 1. The number of fused-ring (bicyclic) bond motifs is 1. The van der Waals surface area contributed by atoms with E-state index in [1.54, 1.807) is 12.5 Å². The Morgan fingerprint density at radius 1 is 1.39 bits per heavy atom. The molecular formula is C13H18N4O. The number of hydrogen-bond donors (Lipinski definition) is 1. The molecule has 0 radical (unpaired) electrons. The highest BCUT2D eigenvalue weighted by Crippen LogP contribution is 2.32. The Hall–Kier alpha value is -1.62. The van der Waals surface area contributed by atoms with Gasteiger partial charge in [0.1, 0.15) is 5.52 Å². The highest BCUT2D eigenvalue weighted by Gasteiger charge is 2.41. The second-order valence-corrected chi connectivity index (χ2v) is 5.19. The quantitative estimate of drug-likeness (QED) is 0.887. The molecule has 1 saturated heterocycles. The van der Waals surface area contributed by atoms with Crippen LogP contribution in [0.2, 0.25) is 0 Å². The Bertz CT molecular complexity index is 571. The van der Waals surface area contributed by atoms with Gasteiger partial charge in [0, 0.05) is 13.2 Å². The van der Waals surface area contributed by atoms with Crippen LogP contribution in [0.4, 0.5) is 5.82 Å². The van der Waals surface area contributed by atoms with Gasteiger partial charge in [-0.25, -0.2) is 9.97 Å². The van der Waals surface area contributed by atoms with Crippen LogP contribution in [0.5, 0.6) is 0 Å². The summed E-state index contributed by atoms with van der Waals surface area (Å²) in [6.45, 7) is 3.41. The van der Waals surface area contributed by atoms with Crippen molar-refractivity contribution in [1.82, 2.24) is 14.5 Å². The van der Waals surface area contributed by atoms with Gasteiger partial charge in [-0.05, 0) is 12.5 Å². The molecule has 0 atom stereocenters. The van der Waals surface area contributed by atoms with Crippen molar-refractivity contribution in [2.75, 3.05) is 18.0 Å². The van der Waals surface area contributed by atoms with Gasteiger partial charge in [0.15, 0.2) is 5.82 Å². The molecule has 0 bridgehead atoms. The maximum Gasteiger partial charge on any atom is 0.156 e. The van der Waals surface area contributed by atoms with Crippen molar-refractivity contribution in [2.24, 2.45) is 7.05 Å². The van der Waals surface area contributed by atoms with Crippen LogP contribution in [0.25, 0.3) is 11.0 Å². The van der Waals surface area contributed by atoms with Crippen molar-refractivity contribution in [1.29, 1.82) is 0 Å². The molecule has 0 aliphatic carbocycles. The maximum atomic E-state index is 10.2. The number of nitrogens with zero attached hydrogens (tertiary/aromatic N) is 4. The van der Waals surface area contributed by atoms with Crippen LogP contribution in [0.1, 0.15) is 19.8 Å². The summed E-state index contributed by atoms with van der Waals surface area (Å²) in [5, 5.41) is 10.2. The van der Waals surface area contributed by atoms with E-state index in [0.717, 1.165) is 29.7 Å². The molecule has 3 heterocycles. The normalized spacial score (nSPS) is 18.1. The first kappa shape index (κ1) is 11.5. The minimum absolute atomic E-state index is 0.534. The highest BCUT2D eigenvalue weighted by molar-refractivity contribution is 5.86. The topological polar surface area (TPSA) is 54.2 Å². The van der Waals surface area contributed by atoms with Crippen molar-refractivity contribution in [3.63, 3.8) is 0 Å². The summed E-state index contributed by atoms with van der Waals surface area (Å²) >= 11 is 0. The Morgan fingerprint density at radius 2 is 2.17 bits per heavy atom. The smallest absolute Gasteiger partial charge is 0.156 e. The number of aliphatic hydroxyl groups is 1. The van der Waals surface area contributed by atoms with E-state index in [9.17, 15) is 5.11 Å². The van der Waals surface area contributed by atoms with Crippen LogP contribution in [0.3, 0.4) is 0 Å². The minimum Gasteiger partial charge on any atom is -0.386 e. The molecule has 1 fully saturated rings. The summed E-state index contributed by atoms with van der Waals surface area (Å²) in [6, 6.07) is 1.96. The van der Waals surface area contributed by atoms with E-state index in [1.807, 2.05) is 17.7 Å². The van der Waals surface area contributed by atoms with Crippen LogP contribution >= 0.6 is 0 Å². The van der Waals surface area contributed by atoms with E-state index in [1.165, 1.54) is 0 Å². The van der Waals surface area contributed by atoms with Crippen LogP contribution < -0.4 is 4.90 Å². The van der Waals surface area contributed by atoms with Gasteiger partial charge in [0.25, 0.3) is 0 Å². The molecule has 5 nitrogen and oxygen atoms in total. The fourth-order valence-corrected chi connectivity index (χ4v) is 2.72. The maximum absolute atomic E-state index is 10.2. The third kappa shape index (κ3) is 1.66. The number of anilines is 1. The Labute approximate surface area is 106 Å². The van der Waals surface area contributed by atoms with Crippen LogP contribution in [-0.2, 0) is 7.05 Å². The SMILES string of the molecule is CCCC1(O)CN(c2nccc3c2ncn3C)C1. The van der Waals surface area contributed by atoms with Gasteiger partial charge in [-0.3, -0.25) is 0 Å². The van der Waals surface area contributed by atoms with Crippen molar-refractivity contribution in [3.8, 4) is 0 Å². The molecule has 0 aromatic carbocycles. The lowest BCUT2D eigenvalue weighted by molar-refractivity contribution is 0.00310. The van der Waals surface area contributed by atoms with Crippen LogP contribution in [0.15, 0.2) is 18.6 Å².